The van der Waals surface area contributed by atoms with Crippen molar-refractivity contribution >= 4 is 33.5 Å². The summed E-state index contributed by atoms with van der Waals surface area (Å²) in [6, 6.07) is 4.48. The highest BCUT2D eigenvalue weighted by Crippen LogP contribution is 2.21. The second-order valence-corrected chi connectivity index (χ2v) is 4.30. The minimum atomic E-state index is -1.08. The Hall–Kier alpha value is -1.44. The van der Waals surface area contributed by atoms with Crippen LogP contribution in [0.4, 0.5) is 5.69 Å². The fourth-order valence-corrected chi connectivity index (χ4v) is 1.72. The molecular weight excluding hydrogens is 304 g/mol. The van der Waals surface area contributed by atoms with Crippen molar-refractivity contribution in [2.45, 2.75) is 6.10 Å². The lowest BCUT2D eigenvalue weighted by atomic mass is 10.2. The van der Waals surface area contributed by atoms with E-state index in [1.807, 2.05) is 0 Å². The first-order valence-electron chi connectivity index (χ1n) is 5.06. The summed E-state index contributed by atoms with van der Waals surface area (Å²) in [5.41, 5.74) is 5.79. The summed E-state index contributed by atoms with van der Waals surface area (Å²) in [6.07, 6.45) is -0.762. The summed E-state index contributed by atoms with van der Waals surface area (Å²) in [7, 11) is 1.38. The Morgan fingerprint density at radius 1 is 1.56 bits per heavy atom. The molecule has 0 aromatic heterocycles. The van der Waals surface area contributed by atoms with Gasteiger partial charge in [-0.25, -0.2) is 4.79 Å². The lowest BCUT2D eigenvalue weighted by Crippen LogP contribution is -2.35. The lowest BCUT2D eigenvalue weighted by Gasteiger charge is -2.13. The predicted octanol–water partition coefficient (Wildman–Crippen LogP) is 1.06. The van der Waals surface area contributed by atoms with Crippen LogP contribution in [0, 0.1) is 0 Å². The van der Waals surface area contributed by atoms with Gasteiger partial charge in [0.2, 0.25) is 0 Å². The summed E-state index contributed by atoms with van der Waals surface area (Å²) in [5.74, 6) is -1.50. The first kappa shape index (κ1) is 14.6. The molecule has 18 heavy (non-hydrogen) atoms. The van der Waals surface area contributed by atoms with Gasteiger partial charge in [-0.1, -0.05) is 0 Å². The number of halogens is 1. The number of ether oxygens (including phenoxy) is 1. The van der Waals surface area contributed by atoms with Gasteiger partial charge in [0.25, 0.3) is 5.91 Å². The van der Waals surface area contributed by atoms with Gasteiger partial charge in [0.15, 0.2) is 0 Å². The highest BCUT2D eigenvalue weighted by atomic mass is 79.9. The molecule has 4 N–H and O–H groups in total. The van der Waals surface area contributed by atoms with E-state index < -0.39 is 18.0 Å². The molecule has 0 aliphatic carbocycles. The van der Waals surface area contributed by atoms with Crippen LogP contribution < -0.4 is 11.1 Å². The van der Waals surface area contributed by atoms with E-state index in [4.69, 9.17) is 15.6 Å². The number of carboxylic acid groups (broad SMARTS) is 1. The van der Waals surface area contributed by atoms with Gasteiger partial charge in [0.05, 0.1) is 5.56 Å². The number of carbonyl (C=O) groups is 2. The third-order valence-corrected chi connectivity index (χ3v) is 2.95. The van der Waals surface area contributed by atoms with Crippen molar-refractivity contribution < 1.29 is 19.4 Å². The Morgan fingerprint density at radius 2 is 2.22 bits per heavy atom. The van der Waals surface area contributed by atoms with E-state index in [2.05, 4.69) is 21.2 Å². The number of rotatable bonds is 5. The molecule has 0 spiro atoms. The topological polar surface area (TPSA) is 102 Å². The molecular formula is C11H13BrN2O4. The maximum atomic E-state index is 11.7. The highest BCUT2D eigenvalue weighted by Gasteiger charge is 2.17. The lowest BCUT2D eigenvalue weighted by molar-refractivity contribution is -0.125. The van der Waals surface area contributed by atoms with Gasteiger partial charge in [-0.05, 0) is 34.1 Å². The SMILES string of the molecule is COC(CN)C(=O)Nc1ccc(Br)c(C(=O)O)c1. The summed E-state index contributed by atoms with van der Waals surface area (Å²) in [4.78, 5) is 22.6. The molecule has 0 saturated heterocycles. The van der Waals surface area contributed by atoms with Gasteiger partial charge in [0.1, 0.15) is 6.10 Å². The number of aromatic carboxylic acids is 1. The molecule has 0 bridgehead atoms. The predicted molar refractivity (Wildman–Crippen MR) is 69.6 cm³/mol. The van der Waals surface area contributed by atoms with Crippen LogP contribution >= 0.6 is 15.9 Å². The number of anilines is 1. The summed E-state index contributed by atoms with van der Waals surface area (Å²) >= 11 is 3.12. The van der Waals surface area contributed by atoms with Crippen LogP contribution in [-0.2, 0) is 9.53 Å². The van der Waals surface area contributed by atoms with E-state index in [-0.39, 0.29) is 12.1 Å². The standard InChI is InChI=1S/C11H13BrN2O4/c1-18-9(5-13)10(15)14-6-2-3-8(12)7(4-6)11(16)17/h2-4,9H,5,13H2,1H3,(H,14,15)(H,16,17). The minimum Gasteiger partial charge on any atom is -0.478 e. The average molecular weight is 317 g/mol. The largest absolute Gasteiger partial charge is 0.478 e. The van der Waals surface area contributed by atoms with Crippen molar-refractivity contribution in [3.63, 3.8) is 0 Å². The van der Waals surface area contributed by atoms with Crippen molar-refractivity contribution in [1.82, 2.24) is 0 Å². The molecule has 98 valence electrons. The molecule has 7 heteroatoms. The van der Waals surface area contributed by atoms with Crippen molar-refractivity contribution in [3.8, 4) is 0 Å². The summed E-state index contributed by atoms with van der Waals surface area (Å²) in [5, 5.41) is 11.5. The van der Waals surface area contributed by atoms with Crippen molar-refractivity contribution in [2.75, 3.05) is 19.0 Å². The first-order chi connectivity index (χ1) is 8.49. The van der Waals surface area contributed by atoms with Gasteiger partial charge in [-0.3, -0.25) is 4.79 Å². The van der Waals surface area contributed by atoms with E-state index in [0.29, 0.717) is 10.2 Å². The number of benzene rings is 1. The van der Waals surface area contributed by atoms with Crippen LogP contribution in [0.2, 0.25) is 0 Å². The molecule has 0 radical (unpaired) electrons. The normalized spacial score (nSPS) is 11.9. The van der Waals surface area contributed by atoms with E-state index in [1.165, 1.54) is 13.2 Å². The zero-order valence-electron chi connectivity index (χ0n) is 9.64. The number of methoxy groups -OCH3 is 1. The fraction of sp³-hybridized carbons (Fsp3) is 0.273. The van der Waals surface area contributed by atoms with Gasteiger partial charge in [-0.15, -0.1) is 0 Å². The molecule has 1 aromatic carbocycles. The molecule has 1 unspecified atom stereocenters. The number of hydrogen-bond acceptors (Lipinski definition) is 4. The molecule has 1 amide bonds. The van der Waals surface area contributed by atoms with Crippen molar-refractivity contribution in [3.05, 3.63) is 28.2 Å². The van der Waals surface area contributed by atoms with Crippen LogP contribution in [0.5, 0.6) is 0 Å². The van der Waals surface area contributed by atoms with Crippen LogP contribution in [0.15, 0.2) is 22.7 Å². The van der Waals surface area contributed by atoms with Crippen LogP contribution in [-0.4, -0.2) is 36.7 Å². The van der Waals surface area contributed by atoms with Gasteiger partial charge in [0, 0.05) is 23.8 Å². The Labute approximate surface area is 112 Å². The maximum Gasteiger partial charge on any atom is 0.336 e. The Kier molecular flexibility index (Phi) is 5.26. The first-order valence-corrected chi connectivity index (χ1v) is 5.85. The molecule has 1 atom stereocenters. The molecule has 1 aromatic rings. The molecule has 0 heterocycles. The monoisotopic (exact) mass is 316 g/mol. The second kappa shape index (κ2) is 6.48. The van der Waals surface area contributed by atoms with Crippen LogP contribution in [0.25, 0.3) is 0 Å². The number of nitrogens with one attached hydrogen (secondary N) is 1. The Bertz CT molecular complexity index is 460. The van der Waals surface area contributed by atoms with Crippen molar-refractivity contribution in [1.29, 1.82) is 0 Å². The highest BCUT2D eigenvalue weighted by molar-refractivity contribution is 9.10. The number of hydrogen-bond donors (Lipinski definition) is 3. The van der Waals surface area contributed by atoms with E-state index in [1.54, 1.807) is 12.1 Å². The van der Waals surface area contributed by atoms with Gasteiger partial charge >= 0.3 is 5.97 Å². The third-order valence-electron chi connectivity index (χ3n) is 2.26. The second-order valence-electron chi connectivity index (χ2n) is 3.45. The Morgan fingerprint density at radius 3 is 2.72 bits per heavy atom. The minimum absolute atomic E-state index is 0.0463. The van der Waals surface area contributed by atoms with Crippen LogP contribution in [0.1, 0.15) is 10.4 Å². The number of nitrogens with two attached hydrogens (primary N) is 1. The quantitative estimate of drug-likeness (QED) is 0.754. The Balaban J connectivity index is 2.89. The average Bonchev–Trinajstić information content (AvgIpc) is 2.32. The maximum absolute atomic E-state index is 11.7. The molecule has 0 fully saturated rings. The van der Waals surface area contributed by atoms with E-state index in [9.17, 15) is 9.59 Å². The number of amides is 1. The molecule has 0 saturated carbocycles. The zero-order valence-corrected chi connectivity index (χ0v) is 11.2. The van der Waals surface area contributed by atoms with Gasteiger partial charge < -0.3 is 20.9 Å². The molecule has 0 aliphatic rings. The zero-order chi connectivity index (χ0) is 13.7. The van der Waals surface area contributed by atoms with Gasteiger partial charge in [-0.2, -0.15) is 0 Å². The summed E-state index contributed by atoms with van der Waals surface area (Å²) < 4.78 is 5.31. The molecule has 6 nitrogen and oxygen atoms in total. The smallest absolute Gasteiger partial charge is 0.336 e. The van der Waals surface area contributed by atoms with E-state index in [0.717, 1.165) is 0 Å². The third kappa shape index (κ3) is 3.52. The summed E-state index contributed by atoms with van der Waals surface area (Å²) in [6.45, 7) is 0.0463. The van der Waals surface area contributed by atoms with Crippen LogP contribution in [0.3, 0.4) is 0 Å². The molecule has 1 rings (SSSR count). The fourth-order valence-electron chi connectivity index (χ4n) is 1.30. The molecule has 0 aliphatic heterocycles. The van der Waals surface area contributed by atoms with Crippen molar-refractivity contribution in [2.24, 2.45) is 5.73 Å². The van der Waals surface area contributed by atoms with E-state index >= 15 is 0 Å². The number of carbonyl (C=O) groups excluding carboxylic acids is 1. The number of carboxylic acids is 1.